The fourth-order valence-corrected chi connectivity index (χ4v) is 1.32. The molecule has 102 valence electrons. The van der Waals surface area contributed by atoms with Crippen LogP contribution >= 0.6 is 0 Å². The summed E-state index contributed by atoms with van der Waals surface area (Å²) in [6, 6.07) is 7.52. The first-order valence-electron chi connectivity index (χ1n) is 5.66. The van der Waals surface area contributed by atoms with Crippen LogP contribution in [0.5, 0.6) is 11.5 Å². The van der Waals surface area contributed by atoms with Crippen LogP contribution in [-0.4, -0.2) is 21.7 Å². The molecule has 0 unspecified atom stereocenters. The zero-order valence-corrected chi connectivity index (χ0v) is 11.0. The summed E-state index contributed by atoms with van der Waals surface area (Å²) in [5.41, 5.74) is -0.926. The maximum absolute atomic E-state index is 11.8. The lowest BCUT2D eigenvalue weighted by Gasteiger charge is -2.16. The fraction of sp³-hybridized carbons (Fsp3) is 0.214. The minimum atomic E-state index is -1.09. The molecule has 3 N–H and O–H groups in total. The van der Waals surface area contributed by atoms with Crippen LogP contribution in [0.25, 0.3) is 6.08 Å². The zero-order valence-electron chi connectivity index (χ0n) is 11.0. The molecular weight excluding hydrogens is 258 g/mol. The van der Waals surface area contributed by atoms with Crippen LogP contribution in [0.2, 0.25) is 0 Å². The molecule has 0 aliphatic rings. The van der Waals surface area contributed by atoms with Crippen molar-refractivity contribution < 1.29 is 15.0 Å². The van der Waals surface area contributed by atoms with Crippen molar-refractivity contribution in [2.75, 3.05) is 0 Å². The summed E-state index contributed by atoms with van der Waals surface area (Å²) in [7, 11) is 0. The number of nitrogens with zero attached hydrogens (tertiary/aromatic N) is 2. The number of aromatic hydroxyl groups is 2. The van der Waals surface area contributed by atoms with Gasteiger partial charge in [0, 0.05) is 0 Å². The molecule has 0 radical (unpaired) electrons. The molecule has 20 heavy (non-hydrogen) atoms. The van der Waals surface area contributed by atoms with Gasteiger partial charge in [-0.2, -0.15) is 10.5 Å². The standard InChI is InChI=1S/C14H13N3O3/c1-14(2,8-16)17-13(20)10(7-15)5-9-3-4-11(18)12(19)6-9/h3-6,18-19H,1-2H3,(H,17,20)/b10-5+. The number of carbonyl (C=O) groups is 1. The average Bonchev–Trinajstić information content (AvgIpc) is 2.39. The van der Waals surface area contributed by atoms with Crippen LogP contribution in [0.3, 0.4) is 0 Å². The van der Waals surface area contributed by atoms with Crippen molar-refractivity contribution in [1.82, 2.24) is 5.32 Å². The van der Waals surface area contributed by atoms with Crippen molar-refractivity contribution >= 4 is 12.0 Å². The number of benzene rings is 1. The molecule has 0 saturated heterocycles. The molecule has 0 heterocycles. The van der Waals surface area contributed by atoms with Crippen molar-refractivity contribution in [1.29, 1.82) is 10.5 Å². The number of carbonyl (C=O) groups excluding carboxylic acids is 1. The molecule has 0 fully saturated rings. The largest absolute Gasteiger partial charge is 0.504 e. The summed E-state index contributed by atoms with van der Waals surface area (Å²) < 4.78 is 0. The zero-order chi connectivity index (χ0) is 15.3. The predicted molar refractivity (Wildman–Crippen MR) is 71.2 cm³/mol. The third-order valence-corrected chi connectivity index (χ3v) is 2.38. The van der Waals surface area contributed by atoms with Crippen molar-refractivity contribution in [3.63, 3.8) is 0 Å². The normalized spacial score (nSPS) is 11.3. The molecule has 0 spiro atoms. The van der Waals surface area contributed by atoms with Crippen LogP contribution in [-0.2, 0) is 4.79 Å². The van der Waals surface area contributed by atoms with E-state index in [0.29, 0.717) is 5.56 Å². The first-order valence-corrected chi connectivity index (χ1v) is 5.66. The van der Waals surface area contributed by atoms with Gasteiger partial charge in [0.2, 0.25) is 0 Å². The minimum absolute atomic E-state index is 0.210. The van der Waals surface area contributed by atoms with Crippen molar-refractivity contribution in [2.24, 2.45) is 0 Å². The molecule has 6 nitrogen and oxygen atoms in total. The monoisotopic (exact) mass is 271 g/mol. The smallest absolute Gasteiger partial charge is 0.263 e. The summed E-state index contributed by atoms with van der Waals surface area (Å²) >= 11 is 0. The van der Waals surface area contributed by atoms with E-state index in [4.69, 9.17) is 10.5 Å². The molecular formula is C14H13N3O3. The summed E-state index contributed by atoms with van der Waals surface area (Å²) in [4.78, 5) is 11.8. The highest BCUT2D eigenvalue weighted by Crippen LogP contribution is 2.25. The summed E-state index contributed by atoms with van der Waals surface area (Å²) in [6.07, 6.45) is 1.25. The minimum Gasteiger partial charge on any atom is -0.504 e. The van der Waals surface area contributed by atoms with Crippen LogP contribution in [0.4, 0.5) is 0 Å². The summed E-state index contributed by atoms with van der Waals surface area (Å²) in [6.45, 7) is 3.01. The third kappa shape index (κ3) is 3.76. The molecule has 0 aliphatic carbocycles. The lowest BCUT2D eigenvalue weighted by molar-refractivity contribution is -0.118. The van der Waals surface area contributed by atoms with E-state index in [2.05, 4.69) is 5.32 Å². The van der Waals surface area contributed by atoms with E-state index >= 15 is 0 Å². The Morgan fingerprint density at radius 3 is 2.45 bits per heavy atom. The van der Waals surface area contributed by atoms with Gasteiger partial charge in [0.25, 0.3) is 5.91 Å². The number of rotatable bonds is 3. The second-order valence-electron chi connectivity index (χ2n) is 4.61. The molecule has 1 aromatic rings. The number of amides is 1. The Labute approximate surface area is 116 Å². The van der Waals surface area contributed by atoms with Crippen molar-refractivity contribution in [2.45, 2.75) is 19.4 Å². The van der Waals surface area contributed by atoms with Gasteiger partial charge >= 0.3 is 0 Å². The summed E-state index contributed by atoms with van der Waals surface area (Å²) in [5.74, 6) is -1.34. The average molecular weight is 271 g/mol. The molecule has 0 atom stereocenters. The van der Waals surface area contributed by atoms with Crippen LogP contribution < -0.4 is 5.32 Å². The summed E-state index contributed by atoms with van der Waals surface area (Å²) in [5, 5.41) is 38.7. The quantitative estimate of drug-likeness (QED) is 0.436. The van der Waals surface area contributed by atoms with E-state index < -0.39 is 11.4 Å². The molecule has 1 aromatic carbocycles. The van der Waals surface area contributed by atoms with Crippen LogP contribution in [0.15, 0.2) is 23.8 Å². The molecule has 6 heteroatoms. The Hall–Kier alpha value is -2.99. The van der Waals surface area contributed by atoms with E-state index in [1.807, 2.05) is 6.07 Å². The van der Waals surface area contributed by atoms with Crippen molar-refractivity contribution in [3.8, 4) is 23.6 Å². The number of phenolic OH excluding ortho intramolecular Hbond substituents is 2. The van der Waals surface area contributed by atoms with Gasteiger partial charge in [-0.15, -0.1) is 0 Å². The third-order valence-electron chi connectivity index (χ3n) is 2.38. The maximum Gasteiger partial charge on any atom is 0.263 e. The Morgan fingerprint density at radius 1 is 1.30 bits per heavy atom. The van der Waals surface area contributed by atoms with E-state index in [1.165, 1.54) is 38.1 Å². The topological polar surface area (TPSA) is 117 Å². The van der Waals surface area contributed by atoms with E-state index in [-0.39, 0.29) is 17.1 Å². The molecule has 1 rings (SSSR count). The predicted octanol–water partition coefficient (Wildman–Crippen LogP) is 1.42. The first kappa shape index (κ1) is 15.1. The first-order chi connectivity index (χ1) is 9.29. The highest BCUT2D eigenvalue weighted by Gasteiger charge is 2.21. The van der Waals surface area contributed by atoms with Gasteiger partial charge in [0.15, 0.2) is 11.5 Å². The molecule has 0 bridgehead atoms. The van der Waals surface area contributed by atoms with Gasteiger partial charge in [-0.3, -0.25) is 4.79 Å². The lowest BCUT2D eigenvalue weighted by Crippen LogP contribution is -2.42. The van der Waals surface area contributed by atoms with Gasteiger partial charge in [-0.05, 0) is 37.6 Å². The fourth-order valence-electron chi connectivity index (χ4n) is 1.32. The van der Waals surface area contributed by atoms with Gasteiger partial charge in [-0.25, -0.2) is 0 Å². The Balaban J connectivity index is 3.05. The number of nitrogens with one attached hydrogen (secondary N) is 1. The number of phenols is 2. The van der Waals surface area contributed by atoms with Gasteiger partial charge in [-0.1, -0.05) is 6.07 Å². The molecule has 0 aliphatic heterocycles. The number of hydrogen-bond donors (Lipinski definition) is 3. The highest BCUT2D eigenvalue weighted by atomic mass is 16.3. The lowest BCUT2D eigenvalue weighted by atomic mass is 10.1. The van der Waals surface area contributed by atoms with Gasteiger partial charge < -0.3 is 15.5 Å². The van der Waals surface area contributed by atoms with Crippen LogP contribution in [0.1, 0.15) is 19.4 Å². The molecule has 0 saturated carbocycles. The van der Waals surface area contributed by atoms with Gasteiger partial charge in [0.05, 0.1) is 6.07 Å². The Kier molecular flexibility index (Phi) is 4.34. The Bertz CT molecular complexity index is 649. The van der Waals surface area contributed by atoms with Crippen molar-refractivity contribution in [3.05, 3.63) is 29.3 Å². The second-order valence-corrected chi connectivity index (χ2v) is 4.61. The van der Waals surface area contributed by atoms with Gasteiger partial charge in [0.1, 0.15) is 17.2 Å². The maximum atomic E-state index is 11.8. The number of nitriles is 2. The van der Waals surface area contributed by atoms with E-state index in [9.17, 15) is 15.0 Å². The second kappa shape index (κ2) is 5.77. The molecule has 1 amide bonds. The molecule has 0 aromatic heterocycles. The van der Waals surface area contributed by atoms with Crippen LogP contribution in [0, 0.1) is 22.7 Å². The SMILES string of the molecule is CC(C)(C#N)NC(=O)/C(C#N)=C/c1ccc(O)c(O)c1. The number of hydrogen-bond acceptors (Lipinski definition) is 5. The Morgan fingerprint density at radius 2 is 1.95 bits per heavy atom. The van der Waals surface area contributed by atoms with E-state index in [1.54, 1.807) is 6.07 Å². The highest BCUT2D eigenvalue weighted by molar-refractivity contribution is 6.02. The van der Waals surface area contributed by atoms with E-state index in [0.717, 1.165) is 0 Å².